The second-order valence-corrected chi connectivity index (χ2v) is 10.4. The quantitative estimate of drug-likeness (QED) is 0.0587. The maximum Gasteiger partial charge on any atom is 0.340 e. The standard InChI is InChI=1S/C32H41ClO8/c1-4-7-10-17-23(34)26-28(32(39)40-20-21-15-13-14-16-22(21)33)27(24(35)18-11-8-5-2)31(30(38)29(26)37)41-25(36)19-12-9-6-3/h13-16,37-38H,4-12,17-20H2,1-3H3. The zero-order valence-electron chi connectivity index (χ0n) is 24.2. The van der Waals surface area contributed by atoms with Crippen LogP contribution in [-0.4, -0.2) is 33.7 Å². The van der Waals surface area contributed by atoms with Gasteiger partial charge in [-0.15, -0.1) is 0 Å². The highest BCUT2D eigenvalue weighted by atomic mass is 35.5. The first-order valence-corrected chi connectivity index (χ1v) is 14.8. The van der Waals surface area contributed by atoms with E-state index in [4.69, 9.17) is 21.1 Å². The Morgan fingerprint density at radius 2 is 1.24 bits per heavy atom. The fraction of sp³-hybridized carbons (Fsp3) is 0.500. The van der Waals surface area contributed by atoms with Crippen LogP contribution in [0.1, 0.15) is 134 Å². The maximum atomic E-state index is 13.6. The molecule has 0 unspecified atom stereocenters. The molecule has 0 heterocycles. The number of hydrogen-bond acceptors (Lipinski definition) is 8. The van der Waals surface area contributed by atoms with Gasteiger partial charge in [-0.25, -0.2) is 4.79 Å². The van der Waals surface area contributed by atoms with Crippen molar-refractivity contribution < 1.29 is 38.9 Å². The number of rotatable bonds is 18. The molecule has 0 fully saturated rings. The van der Waals surface area contributed by atoms with Crippen molar-refractivity contribution in [1.82, 2.24) is 0 Å². The summed E-state index contributed by atoms with van der Waals surface area (Å²) in [5.74, 6) is -5.58. The van der Waals surface area contributed by atoms with E-state index >= 15 is 0 Å². The van der Waals surface area contributed by atoms with E-state index in [2.05, 4.69) is 0 Å². The molecule has 2 aromatic rings. The van der Waals surface area contributed by atoms with E-state index in [1.807, 2.05) is 20.8 Å². The summed E-state index contributed by atoms with van der Waals surface area (Å²) in [6.45, 7) is 5.62. The summed E-state index contributed by atoms with van der Waals surface area (Å²) in [5.41, 5.74) is -0.998. The van der Waals surface area contributed by atoms with E-state index in [0.717, 1.165) is 38.5 Å². The number of ether oxygens (including phenoxy) is 2. The Morgan fingerprint density at radius 3 is 1.80 bits per heavy atom. The summed E-state index contributed by atoms with van der Waals surface area (Å²) in [6.07, 6.45) is 6.09. The SMILES string of the molecule is CCCCCC(=O)Oc1c(O)c(O)c(C(=O)CCCCC)c(C(=O)OCc2ccccc2Cl)c1C(=O)CCCCC. The molecule has 0 radical (unpaired) electrons. The molecule has 41 heavy (non-hydrogen) atoms. The van der Waals surface area contributed by atoms with E-state index in [1.54, 1.807) is 24.3 Å². The van der Waals surface area contributed by atoms with Crippen molar-refractivity contribution in [2.24, 2.45) is 0 Å². The number of esters is 2. The minimum absolute atomic E-state index is 0.00148. The highest BCUT2D eigenvalue weighted by Crippen LogP contribution is 2.46. The molecule has 8 nitrogen and oxygen atoms in total. The smallest absolute Gasteiger partial charge is 0.340 e. The number of hydrogen-bond donors (Lipinski definition) is 2. The van der Waals surface area contributed by atoms with Crippen LogP contribution in [0.25, 0.3) is 0 Å². The molecule has 0 aliphatic carbocycles. The Hall–Kier alpha value is -3.39. The Bertz CT molecular complexity index is 1220. The largest absolute Gasteiger partial charge is 0.504 e. The van der Waals surface area contributed by atoms with Gasteiger partial charge in [-0.3, -0.25) is 14.4 Å². The number of benzene rings is 2. The van der Waals surface area contributed by atoms with Crippen LogP contribution in [0.4, 0.5) is 0 Å². The highest BCUT2D eigenvalue weighted by Gasteiger charge is 2.36. The molecule has 0 amide bonds. The number of phenolic OH excluding ortho intramolecular Hbond substituents is 2. The summed E-state index contributed by atoms with van der Waals surface area (Å²) in [5, 5.41) is 22.3. The summed E-state index contributed by atoms with van der Waals surface area (Å²) in [7, 11) is 0. The topological polar surface area (TPSA) is 127 Å². The van der Waals surface area contributed by atoms with Crippen LogP contribution in [0.3, 0.4) is 0 Å². The van der Waals surface area contributed by atoms with Gasteiger partial charge in [0.15, 0.2) is 23.1 Å². The second-order valence-electron chi connectivity index (χ2n) is 10.0. The van der Waals surface area contributed by atoms with Crippen molar-refractivity contribution in [3.05, 3.63) is 51.5 Å². The molecular formula is C32H41ClO8. The summed E-state index contributed by atoms with van der Waals surface area (Å²) in [6, 6.07) is 6.70. The fourth-order valence-electron chi connectivity index (χ4n) is 4.38. The van der Waals surface area contributed by atoms with Crippen molar-refractivity contribution in [1.29, 1.82) is 0 Å². The van der Waals surface area contributed by atoms with Crippen LogP contribution in [0.15, 0.2) is 24.3 Å². The zero-order chi connectivity index (χ0) is 30.4. The molecule has 9 heteroatoms. The maximum absolute atomic E-state index is 13.6. The predicted molar refractivity (Wildman–Crippen MR) is 157 cm³/mol. The third-order valence-corrected chi connectivity index (χ3v) is 7.07. The van der Waals surface area contributed by atoms with Crippen molar-refractivity contribution in [2.75, 3.05) is 0 Å². The number of Topliss-reactive ketones (excluding diaryl/α,β-unsaturated/α-hetero) is 2. The number of ketones is 2. The molecule has 0 aliphatic heterocycles. The van der Waals surface area contributed by atoms with E-state index in [0.29, 0.717) is 29.8 Å². The van der Waals surface area contributed by atoms with Crippen molar-refractivity contribution in [2.45, 2.75) is 104 Å². The Balaban J connectivity index is 2.70. The summed E-state index contributed by atoms with van der Waals surface area (Å²) >= 11 is 6.21. The van der Waals surface area contributed by atoms with Crippen LogP contribution >= 0.6 is 11.6 Å². The first-order valence-electron chi connectivity index (χ1n) is 14.5. The zero-order valence-corrected chi connectivity index (χ0v) is 25.0. The number of carbonyl (C=O) groups excluding carboxylic acids is 4. The first-order chi connectivity index (χ1) is 19.7. The average molecular weight is 589 g/mol. The Kier molecular flexibility index (Phi) is 14.4. The first kappa shape index (κ1) is 33.8. The molecule has 0 atom stereocenters. The van der Waals surface area contributed by atoms with Crippen LogP contribution in [0.5, 0.6) is 17.2 Å². The van der Waals surface area contributed by atoms with Crippen molar-refractivity contribution >= 4 is 35.1 Å². The molecule has 0 saturated carbocycles. The van der Waals surface area contributed by atoms with Gasteiger partial charge < -0.3 is 19.7 Å². The van der Waals surface area contributed by atoms with E-state index < -0.39 is 57.4 Å². The predicted octanol–water partition coefficient (Wildman–Crippen LogP) is 8.12. The molecule has 224 valence electrons. The van der Waals surface area contributed by atoms with Crippen molar-refractivity contribution in [3.63, 3.8) is 0 Å². The monoisotopic (exact) mass is 588 g/mol. The van der Waals surface area contributed by atoms with Crippen LogP contribution in [0.2, 0.25) is 5.02 Å². The lowest BCUT2D eigenvalue weighted by Crippen LogP contribution is -2.21. The van der Waals surface area contributed by atoms with Gasteiger partial charge in [0.2, 0.25) is 5.75 Å². The lowest BCUT2D eigenvalue weighted by molar-refractivity contribution is -0.134. The molecule has 2 rings (SSSR count). The van der Waals surface area contributed by atoms with Gasteiger partial charge in [-0.2, -0.15) is 0 Å². The van der Waals surface area contributed by atoms with Gasteiger partial charge in [0, 0.05) is 29.8 Å². The molecule has 2 N–H and O–H groups in total. The van der Waals surface area contributed by atoms with E-state index in [9.17, 15) is 29.4 Å². The molecule has 0 spiro atoms. The third-order valence-electron chi connectivity index (χ3n) is 6.70. The number of aromatic hydroxyl groups is 2. The number of halogens is 1. The van der Waals surface area contributed by atoms with Gasteiger partial charge in [-0.05, 0) is 25.3 Å². The van der Waals surface area contributed by atoms with Gasteiger partial charge in [0.1, 0.15) is 6.61 Å². The Morgan fingerprint density at radius 1 is 0.707 bits per heavy atom. The number of carbonyl (C=O) groups is 4. The summed E-state index contributed by atoms with van der Waals surface area (Å²) < 4.78 is 10.9. The van der Waals surface area contributed by atoms with Gasteiger partial charge in [-0.1, -0.05) is 89.1 Å². The van der Waals surface area contributed by atoms with Gasteiger partial charge in [0.05, 0.1) is 16.7 Å². The minimum Gasteiger partial charge on any atom is -0.504 e. The fourth-order valence-corrected chi connectivity index (χ4v) is 4.57. The van der Waals surface area contributed by atoms with E-state index in [1.165, 1.54) is 0 Å². The van der Waals surface area contributed by atoms with Crippen molar-refractivity contribution in [3.8, 4) is 17.2 Å². The van der Waals surface area contributed by atoms with Gasteiger partial charge in [0.25, 0.3) is 0 Å². The average Bonchev–Trinajstić information content (AvgIpc) is 2.95. The molecule has 0 saturated heterocycles. The third kappa shape index (κ3) is 9.59. The molecular weight excluding hydrogens is 548 g/mol. The molecule has 2 aromatic carbocycles. The molecule has 0 aliphatic rings. The second kappa shape index (κ2) is 17.4. The Labute approximate surface area is 247 Å². The van der Waals surface area contributed by atoms with Crippen LogP contribution < -0.4 is 4.74 Å². The molecule has 0 aromatic heterocycles. The highest BCUT2D eigenvalue weighted by molar-refractivity contribution is 6.31. The lowest BCUT2D eigenvalue weighted by Gasteiger charge is -2.20. The number of unbranched alkanes of at least 4 members (excludes halogenated alkanes) is 6. The normalized spacial score (nSPS) is 10.8. The van der Waals surface area contributed by atoms with Gasteiger partial charge >= 0.3 is 11.9 Å². The number of phenols is 2. The van der Waals surface area contributed by atoms with Crippen LogP contribution in [-0.2, 0) is 16.1 Å². The van der Waals surface area contributed by atoms with E-state index in [-0.39, 0.29) is 25.9 Å². The minimum atomic E-state index is -1.08. The molecule has 0 bridgehead atoms. The summed E-state index contributed by atoms with van der Waals surface area (Å²) in [4.78, 5) is 53.3. The lowest BCUT2D eigenvalue weighted by atomic mass is 9.89. The van der Waals surface area contributed by atoms with Crippen LogP contribution in [0, 0.1) is 0 Å².